The Kier molecular flexibility index (Phi) is 4.49. The van der Waals surface area contributed by atoms with E-state index in [1.807, 2.05) is 18.2 Å². The van der Waals surface area contributed by atoms with Crippen LogP contribution < -0.4 is 15.0 Å². The lowest BCUT2D eigenvalue weighted by Gasteiger charge is -2.29. The van der Waals surface area contributed by atoms with Gasteiger partial charge in [0.05, 0.1) is 20.2 Å². The van der Waals surface area contributed by atoms with Crippen LogP contribution in [0.4, 0.5) is 4.79 Å². The predicted molar refractivity (Wildman–Crippen MR) is 89.7 cm³/mol. The lowest BCUT2D eigenvalue weighted by Crippen LogP contribution is -3.14. The van der Waals surface area contributed by atoms with Crippen molar-refractivity contribution in [3.63, 3.8) is 0 Å². The first-order valence-electron chi connectivity index (χ1n) is 8.56. The van der Waals surface area contributed by atoms with Gasteiger partial charge in [0.1, 0.15) is 11.3 Å². The molecule has 3 rings (SSSR count). The Balaban J connectivity index is 1.77. The summed E-state index contributed by atoms with van der Waals surface area (Å²) in [6.07, 6.45) is 2.29. The number of amides is 3. The van der Waals surface area contributed by atoms with Crippen LogP contribution in [0.15, 0.2) is 24.3 Å². The minimum absolute atomic E-state index is 0.188. The van der Waals surface area contributed by atoms with E-state index in [9.17, 15) is 9.59 Å². The van der Waals surface area contributed by atoms with Crippen LogP contribution in [0.25, 0.3) is 0 Å². The molecule has 0 unspecified atom stereocenters. The smallest absolute Gasteiger partial charge is 0.329 e. The number of hydrogen-bond acceptors (Lipinski definition) is 3. The standard InChI is InChI=1S/C18H25N3O3/c1-13-7-9-20(10-8-13)12-21-16(22)18(2,19-17(21)23)14-5-4-6-15(11-14)24-3/h4-6,11,13H,7-10,12H2,1-3H3,(H,19,23)/p+1/t18-/m0/s1. The number of ether oxygens (including phenoxy) is 1. The molecule has 2 heterocycles. The van der Waals surface area contributed by atoms with Crippen molar-refractivity contribution < 1.29 is 19.2 Å². The molecule has 2 saturated heterocycles. The lowest BCUT2D eigenvalue weighted by molar-refractivity contribution is -0.913. The largest absolute Gasteiger partial charge is 0.497 e. The van der Waals surface area contributed by atoms with Crippen molar-refractivity contribution in [2.75, 3.05) is 26.9 Å². The molecule has 1 atom stereocenters. The van der Waals surface area contributed by atoms with E-state index in [0.717, 1.165) is 37.4 Å². The number of benzene rings is 1. The Labute approximate surface area is 142 Å². The van der Waals surface area contributed by atoms with Crippen LogP contribution in [0, 0.1) is 5.92 Å². The lowest BCUT2D eigenvalue weighted by atomic mass is 9.92. The highest BCUT2D eigenvalue weighted by Gasteiger charge is 2.50. The third-order valence-corrected chi connectivity index (χ3v) is 5.29. The van der Waals surface area contributed by atoms with E-state index in [1.54, 1.807) is 20.1 Å². The van der Waals surface area contributed by atoms with Crippen LogP contribution in [0.5, 0.6) is 5.75 Å². The van der Waals surface area contributed by atoms with Crippen molar-refractivity contribution in [1.29, 1.82) is 0 Å². The van der Waals surface area contributed by atoms with E-state index in [1.165, 1.54) is 9.80 Å². The number of nitrogens with one attached hydrogen (secondary N) is 2. The average molecular weight is 332 g/mol. The number of carbonyl (C=O) groups is 2. The van der Waals surface area contributed by atoms with Gasteiger partial charge in [0.2, 0.25) is 0 Å². The van der Waals surface area contributed by atoms with Gasteiger partial charge in [-0.2, -0.15) is 0 Å². The molecule has 0 aromatic heterocycles. The highest BCUT2D eigenvalue weighted by molar-refractivity contribution is 6.07. The zero-order valence-electron chi connectivity index (χ0n) is 14.6. The van der Waals surface area contributed by atoms with Gasteiger partial charge >= 0.3 is 6.03 Å². The number of quaternary nitrogens is 1. The molecule has 6 heteroatoms. The van der Waals surface area contributed by atoms with Crippen LogP contribution in [-0.2, 0) is 10.3 Å². The fourth-order valence-corrected chi connectivity index (χ4v) is 3.52. The Morgan fingerprint density at radius 1 is 1.33 bits per heavy atom. The van der Waals surface area contributed by atoms with Gasteiger partial charge in [-0.1, -0.05) is 19.1 Å². The number of rotatable bonds is 4. The van der Waals surface area contributed by atoms with Crippen molar-refractivity contribution in [1.82, 2.24) is 10.2 Å². The number of piperidine rings is 1. The van der Waals surface area contributed by atoms with Crippen LogP contribution in [0.2, 0.25) is 0 Å². The summed E-state index contributed by atoms with van der Waals surface area (Å²) >= 11 is 0. The van der Waals surface area contributed by atoms with E-state index in [0.29, 0.717) is 12.4 Å². The highest BCUT2D eigenvalue weighted by Crippen LogP contribution is 2.30. The van der Waals surface area contributed by atoms with E-state index in [2.05, 4.69) is 12.2 Å². The topological polar surface area (TPSA) is 63.1 Å². The fourth-order valence-electron chi connectivity index (χ4n) is 3.52. The van der Waals surface area contributed by atoms with Crippen molar-refractivity contribution in [3.8, 4) is 5.75 Å². The third-order valence-electron chi connectivity index (χ3n) is 5.29. The molecule has 130 valence electrons. The summed E-state index contributed by atoms with van der Waals surface area (Å²) in [5.74, 6) is 1.22. The first kappa shape index (κ1) is 16.8. The monoisotopic (exact) mass is 332 g/mol. The Bertz CT molecular complexity index is 640. The molecule has 24 heavy (non-hydrogen) atoms. The summed E-state index contributed by atoms with van der Waals surface area (Å²) in [5, 5.41) is 2.86. The average Bonchev–Trinajstić information content (AvgIpc) is 2.81. The summed E-state index contributed by atoms with van der Waals surface area (Å²) in [4.78, 5) is 28.0. The second kappa shape index (κ2) is 6.43. The van der Waals surface area contributed by atoms with Crippen LogP contribution >= 0.6 is 0 Å². The first-order chi connectivity index (χ1) is 11.4. The molecule has 0 radical (unpaired) electrons. The van der Waals surface area contributed by atoms with E-state index < -0.39 is 5.54 Å². The minimum atomic E-state index is -1.03. The van der Waals surface area contributed by atoms with Gasteiger partial charge in [0.25, 0.3) is 5.91 Å². The Morgan fingerprint density at radius 3 is 2.71 bits per heavy atom. The molecule has 6 nitrogen and oxygen atoms in total. The zero-order chi connectivity index (χ0) is 17.3. The third kappa shape index (κ3) is 2.98. The maximum Gasteiger partial charge on any atom is 0.329 e. The molecule has 2 aliphatic rings. The van der Waals surface area contributed by atoms with Crippen LogP contribution in [0.3, 0.4) is 0 Å². The quantitative estimate of drug-likeness (QED) is 0.799. The summed E-state index contributed by atoms with van der Waals surface area (Å²) in [5.41, 5.74) is -0.293. The summed E-state index contributed by atoms with van der Waals surface area (Å²) < 4.78 is 5.24. The van der Waals surface area contributed by atoms with Gasteiger partial charge in [0.15, 0.2) is 6.67 Å². The maximum atomic E-state index is 13.0. The van der Waals surface area contributed by atoms with Crippen molar-refractivity contribution >= 4 is 11.9 Å². The minimum Gasteiger partial charge on any atom is -0.497 e. The zero-order valence-corrected chi connectivity index (χ0v) is 14.6. The maximum absolute atomic E-state index is 13.0. The molecule has 0 aliphatic carbocycles. The van der Waals surface area contributed by atoms with Gasteiger partial charge in [-0.15, -0.1) is 0 Å². The normalized spacial score (nSPS) is 30.4. The fraction of sp³-hybridized carbons (Fsp3) is 0.556. The molecule has 1 aromatic rings. The number of methoxy groups -OCH3 is 1. The Hall–Kier alpha value is -2.08. The van der Waals surface area contributed by atoms with Gasteiger partial charge in [0, 0.05) is 0 Å². The van der Waals surface area contributed by atoms with E-state index >= 15 is 0 Å². The summed E-state index contributed by atoms with van der Waals surface area (Å²) in [6.45, 7) is 6.47. The molecule has 1 aromatic carbocycles. The number of carbonyl (C=O) groups excluding carboxylic acids is 2. The molecule has 0 spiro atoms. The molecular formula is C18H26N3O3+. The van der Waals surface area contributed by atoms with Gasteiger partial charge in [-0.3, -0.25) is 4.79 Å². The molecule has 2 fully saturated rings. The SMILES string of the molecule is COc1cccc([C@]2(C)NC(=O)N(C[NH+]3CCC(C)CC3)C2=O)c1. The predicted octanol–water partition coefficient (Wildman–Crippen LogP) is 0.734. The molecule has 3 amide bonds. The van der Waals surface area contributed by atoms with Gasteiger partial charge in [-0.25, -0.2) is 9.69 Å². The highest BCUT2D eigenvalue weighted by atomic mass is 16.5. The number of nitrogens with zero attached hydrogens (tertiary/aromatic N) is 1. The summed E-state index contributed by atoms with van der Waals surface area (Å²) in [7, 11) is 1.59. The second-order valence-corrected chi connectivity index (χ2v) is 7.11. The second-order valence-electron chi connectivity index (χ2n) is 7.11. The van der Waals surface area contributed by atoms with E-state index in [-0.39, 0.29) is 11.9 Å². The van der Waals surface area contributed by atoms with Crippen LogP contribution in [-0.4, -0.2) is 43.7 Å². The first-order valence-corrected chi connectivity index (χ1v) is 8.56. The van der Waals surface area contributed by atoms with E-state index in [4.69, 9.17) is 4.74 Å². The van der Waals surface area contributed by atoms with Crippen molar-refractivity contribution in [2.24, 2.45) is 5.92 Å². The number of urea groups is 1. The number of likely N-dealkylation sites (tertiary alicyclic amines) is 1. The number of hydrogen-bond donors (Lipinski definition) is 2. The van der Waals surface area contributed by atoms with Crippen LogP contribution in [0.1, 0.15) is 32.3 Å². The summed E-state index contributed by atoms with van der Waals surface area (Å²) in [6, 6.07) is 7.00. The van der Waals surface area contributed by atoms with Crippen molar-refractivity contribution in [3.05, 3.63) is 29.8 Å². The van der Waals surface area contributed by atoms with Crippen molar-refractivity contribution in [2.45, 2.75) is 32.2 Å². The number of imide groups is 1. The Morgan fingerprint density at radius 2 is 2.04 bits per heavy atom. The van der Waals surface area contributed by atoms with Gasteiger partial charge < -0.3 is 15.0 Å². The molecular weight excluding hydrogens is 306 g/mol. The molecule has 0 saturated carbocycles. The van der Waals surface area contributed by atoms with Gasteiger partial charge in [-0.05, 0) is 43.4 Å². The molecule has 0 bridgehead atoms. The molecule has 2 aliphatic heterocycles. The molecule has 2 N–H and O–H groups in total.